The second kappa shape index (κ2) is 9.14. The highest BCUT2D eigenvalue weighted by Crippen LogP contribution is 2.21. The van der Waals surface area contributed by atoms with Gasteiger partial charge in [0.2, 0.25) is 0 Å². The Morgan fingerprint density at radius 3 is 2.50 bits per heavy atom. The van der Waals surface area contributed by atoms with Gasteiger partial charge in [0, 0.05) is 23.7 Å². The molecule has 0 N–H and O–H groups in total. The minimum atomic E-state index is -0.0588. The number of rotatable bonds is 7. The molecule has 5 heteroatoms. The van der Waals surface area contributed by atoms with Crippen LogP contribution in [-0.2, 0) is 19.6 Å². The number of amides is 1. The SMILES string of the molecule is CCCn1c(CN(Cc2ccccc2)C(=O)c2cccc(Cl)c2)nc2ccccc21. The minimum Gasteiger partial charge on any atom is -0.327 e. The molecule has 0 radical (unpaired) electrons. The number of aryl methyl sites for hydroxylation is 1. The molecule has 4 aromatic rings. The summed E-state index contributed by atoms with van der Waals surface area (Å²) < 4.78 is 2.22. The lowest BCUT2D eigenvalue weighted by molar-refractivity contribution is 0.0723. The van der Waals surface area contributed by atoms with Gasteiger partial charge in [0.25, 0.3) is 5.91 Å². The number of halogens is 1. The van der Waals surface area contributed by atoms with Crippen LogP contribution in [0, 0.1) is 0 Å². The van der Waals surface area contributed by atoms with E-state index in [4.69, 9.17) is 16.6 Å². The van der Waals surface area contributed by atoms with E-state index in [9.17, 15) is 4.79 Å². The molecule has 0 fully saturated rings. The van der Waals surface area contributed by atoms with Gasteiger partial charge in [-0.25, -0.2) is 4.98 Å². The summed E-state index contributed by atoms with van der Waals surface area (Å²) in [4.78, 5) is 20.1. The first-order valence-electron chi connectivity index (χ1n) is 10.2. The average Bonchev–Trinajstić information content (AvgIpc) is 3.11. The summed E-state index contributed by atoms with van der Waals surface area (Å²) in [5, 5.41) is 0.554. The number of nitrogens with zero attached hydrogens (tertiary/aromatic N) is 3. The first-order chi connectivity index (χ1) is 14.7. The zero-order valence-corrected chi connectivity index (χ0v) is 17.7. The largest absolute Gasteiger partial charge is 0.327 e. The highest BCUT2D eigenvalue weighted by atomic mass is 35.5. The van der Waals surface area contributed by atoms with Gasteiger partial charge in [-0.1, -0.05) is 67.1 Å². The van der Waals surface area contributed by atoms with Crippen LogP contribution in [0.5, 0.6) is 0 Å². The molecule has 0 bridgehead atoms. The van der Waals surface area contributed by atoms with Crippen LogP contribution in [0.1, 0.15) is 35.1 Å². The van der Waals surface area contributed by atoms with Gasteiger partial charge < -0.3 is 9.47 Å². The second-order valence-corrected chi connectivity index (χ2v) is 7.76. The third-order valence-electron chi connectivity index (χ3n) is 5.09. The minimum absolute atomic E-state index is 0.0588. The predicted molar refractivity (Wildman–Crippen MR) is 121 cm³/mol. The van der Waals surface area contributed by atoms with Crippen molar-refractivity contribution < 1.29 is 4.79 Å². The average molecular weight is 418 g/mol. The lowest BCUT2D eigenvalue weighted by Crippen LogP contribution is -2.31. The maximum absolute atomic E-state index is 13.4. The smallest absolute Gasteiger partial charge is 0.254 e. The van der Waals surface area contributed by atoms with E-state index in [2.05, 4.69) is 17.6 Å². The first-order valence-corrected chi connectivity index (χ1v) is 10.6. The van der Waals surface area contributed by atoms with E-state index in [1.807, 2.05) is 59.5 Å². The summed E-state index contributed by atoms with van der Waals surface area (Å²) in [6, 6.07) is 25.3. The molecule has 1 aromatic heterocycles. The molecule has 0 aliphatic rings. The van der Waals surface area contributed by atoms with Crippen molar-refractivity contribution in [3.05, 3.63) is 101 Å². The van der Waals surface area contributed by atoms with Gasteiger partial charge in [0.05, 0.1) is 17.6 Å². The first kappa shape index (κ1) is 20.2. The van der Waals surface area contributed by atoms with E-state index in [1.54, 1.807) is 18.2 Å². The topological polar surface area (TPSA) is 38.1 Å². The van der Waals surface area contributed by atoms with E-state index in [1.165, 1.54) is 0 Å². The summed E-state index contributed by atoms with van der Waals surface area (Å²) in [5.41, 5.74) is 3.71. The van der Waals surface area contributed by atoms with Crippen molar-refractivity contribution in [3.8, 4) is 0 Å². The summed E-state index contributed by atoms with van der Waals surface area (Å²) in [6.45, 7) is 3.94. The van der Waals surface area contributed by atoms with Crippen molar-refractivity contribution in [2.45, 2.75) is 33.0 Å². The van der Waals surface area contributed by atoms with Crippen molar-refractivity contribution in [1.29, 1.82) is 0 Å². The van der Waals surface area contributed by atoms with E-state index in [-0.39, 0.29) is 5.91 Å². The molecule has 4 nitrogen and oxygen atoms in total. The molecule has 0 spiro atoms. The van der Waals surface area contributed by atoms with Crippen LogP contribution in [0.3, 0.4) is 0 Å². The van der Waals surface area contributed by atoms with Gasteiger partial charge in [0.1, 0.15) is 5.82 Å². The molecule has 0 aliphatic carbocycles. The van der Waals surface area contributed by atoms with Gasteiger partial charge in [0.15, 0.2) is 0 Å². The van der Waals surface area contributed by atoms with E-state index in [0.29, 0.717) is 23.7 Å². The molecule has 0 saturated heterocycles. The van der Waals surface area contributed by atoms with Gasteiger partial charge in [-0.2, -0.15) is 0 Å². The number of para-hydroxylation sites is 2. The second-order valence-electron chi connectivity index (χ2n) is 7.33. The van der Waals surface area contributed by atoms with Crippen molar-refractivity contribution in [3.63, 3.8) is 0 Å². The summed E-state index contributed by atoms with van der Waals surface area (Å²) >= 11 is 6.15. The maximum atomic E-state index is 13.4. The molecule has 1 heterocycles. The van der Waals surface area contributed by atoms with Crippen LogP contribution in [0.2, 0.25) is 5.02 Å². The monoisotopic (exact) mass is 417 g/mol. The van der Waals surface area contributed by atoms with Crippen molar-refractivity contribution in [2.24, 2.45) is 0 Å². The molecule has 0 atom stereocenters. The van der Waals surface area contributed by atoms with E-state index in [0.717, 1.165) is 35.4 Å². The number of hydrogen-bond donors (Lipinski definition) is 0. The molecule has 0 unspecified atom stereocenters. The van der Waals surface area contributed by atoms with Crippen molar-refractivity contribution in [1.82, 2.24) is 14.5 Å². The van der Waals surface area contributed by atoms with Gasteiger partial charge >= 0.3 is 0 Å². The highest BCUT2D eigenvalue weighted by molar-refractivity contribution is 6.30. The Kier molecular flexibility index (Phi) is 6.15. The normalized spacial score (nSPS) is 11.0. The van der Waals surface area contributed by atoms with Gasteiger partial charge in [-0.15, -0.1) is 0 Å². The molecule has 152 valence electrons. The zero-order chi connectivity index (χ0) is 20.9. The summed E-state index contributed by atoms with van der Waals surface area (Å²) in [5.74, 6) is 0.834. The van der Waals surface area contributed by atoms with Crippen LogP contribution >= 0.6 is 11.6 Å². The van der Waals surface area contributed by atoms with Gasteiger partial charge in [-0.05, 0) is 42.3 Å². The standard InChI is InChI=1S/C25H24ClN3O/c1-2-15-29-23-14-7-6-13-22(23)27-24(29)18-28(17-19-9-4-3-5-10-19)25(30)20-11-8-12-21(26)16-20/h3-14,16H,2,15,17-18H2,1H3. The number of carbonyl (C=O) groups is 1. The van der Waals surface area contributed by atoms with Crippen molar-refractivity contribution in [2.75, 3.05) is 0 Å². The van der Waals surface area contributed by atoms with Crippen LogP contribution in [0.4, 0.5) is 0 Å². The third kappa shape index (κ3) is 4.39. The van der Waals surface area contributed by atoms with Crippen LogP contribution in [0.25, 0.3) is 11.0 Å². The predicted octanol–water partition coefficient (Wildman–Crippen LogP) is 5.94. The van der Waals surface area contributed by atoms with E-state index < -0.39 is 0 Å². The Labute approximate surface area is 181 Å². The highest BCUT2D eigenvalue weighted by Gasteiger charge is 2.20. The van der Waals surface area contributed by atoms with E-state index >= 15 is 0 Å². The molecule has 1 amide bonds. The number of aromatic nitrogens is 2. The molecule has 3 aromatic carbocycles. The lowest BCUT2D eigenvalue weighted by atomic mass is 10.1. The Bertz CT molecular complexity index is 1150. The molecule has 0 saturated carbocycles. The van der Waals surface area contributed by atoms with Crippen LogP contribution in [0.15, 0.2) is 78.9 Å². The number of benzene rings is 3. The molecular formula is C25H24ClN3O. The van der Waals surface area contributed by atoms with Gasteiger partial charge in [-0.3, -0.25) is 4.79 Å². The number of imidazole rings is 1. The fourth-order valence-corrected chi connectivity index (χ4v) is 3.89. The number of carbonyl (C=O) groups excluding carboxylic acids is 1. The maximum Gasteiger partial charge on any atom is 0.254 e. The molecule has 4 rings (SSSR count). The third-order valence-corrected chi connectivity index (χ3v) is 5.32. The lowest BCUT2D eigenvalue weighted by Gasteiger charge is -2.23. The zero-order valence-electron chi connectivity index (χ0n) is 17.0. The summed E-state index contributed by atoms with van der Waals surface area (Å²) in [7, 11) is 0. The Balaban J connectivity index is 1.72. The fourth-order valence-electron chi connectivity index (χ4n) is 3.70. The Morgan fingerprint density at radius 1 is 0.967 bits per heavy atom. The Hall–Kier alpha value is -3.11. The quantitative estimate of drug-likeness (QED) is 0.373. The number of fused-ring (bicyclic) bond motifs is 1. The Morgan fingerprint density at radius 2 is 1.73 bits per heavy atom. The fraction of sp³-hybridized carbons (Fsp3) is 0.200. The molecule has 30 heavy (non-hydrogen) atoms. The summed E-state index contributed by atoms with van der Waals surface area (Å²) in [6.07, 6.45) is 0.994. The molecule has 0 aliphatic heterocycles. The van der Waals surface area contributed by atoms with Crippen LogP contribution in [-0.4, -0.2) is 20.4 Å². The molecular weight excluding hydrogens is 394 g/mol. The van der Waals surface area contributed by atoms with Crippen LogP contribution < -0.4 is 0 Å². The van der Waals surface area contributed by atoms with Crippen molar-refractivity contribution >= 4 is 28.5 Å². The number of hydrogen-bond acceptors (Lipinski definition) is 2.